The molecule has 3 heterocycles. The molecule has 1 unspecified atom stereocenters. The van der Waals surface area contributed by atoms with Crippen LogP contribution in [0.1, 0.15) is 48.0 Å². The average Bonchev–Trinajstić information content (AvgIpc) is 3.15. The molecule has 1 aliphatic heterocycles. The van der Waals surface area contributed by atoms with Crippen molar-refractivity contribution in [2.24, 2.45) is 0 Å². The van der Waals surface area contributed by atoms with Gasteiger partial charge in [-0.3, -0.25) is 9.59 Å². The quantitative estimate of drug-likeness (QED) is 0.618. The maximum Gasteiger partial charge on any atom is 0.305 e. The summed E-state index contributed by atoms with van der Waals surface area (Å²) in [6.45, 7) is 1.27. The SMILES string of the molecule is CN(CCCNc1ccccn1)C(=O)c1cn2c(n1)C=C1CC=CC=C1CC2CC(=O)O. The number of fused-ring (bicyclic) bond motifs is 2. The molecule has 0 fully saturated rings. The van der Waals surface area contributed by atoms with Gasteiger partial charge in [-0.15, -0.1) is 0 Å². The van der Waals surface area contributed by atoms with Crippen LogP contribution in [-0.4, -0.2) is 56.6 Å². The van der Waals surface area contributed by atoms with Crippen LogP contribution in [0, 0.1) is 0 Å². The molecule has 1 atom stereocenters. The minimum absolute atomic E-state index is 0.0196. The minimum Gasteiger partial charge on any atom is -0.481 e. The van der Waals surface area contributed by atoms with E-state index in [1.54, 1.807) is 24.3 Å². The normalized spacial score (nSPS) is 16.8. The first-order chi connectivity index (χ1) is 15.5. The molecule has 4 rings (SSSR count). The lowest BCUT2D eigenvalue weighted by Gasteiger charge is -2.19. The van der Waals surface area contributed by atoms with Gasteiger partial charge in [0, 0.05) is 38.6 Å². The average molecular weight is 434 g/mol. The minimum atomic E-state index is -0.865. The Morgan fingerprint density at radius 3 is 2.97 bits per heavy atom. The lowest BCUT2D eigenvalue weighted by atomic mass is 9.92. The molecule has 32 heavy (non-hydrogen) atoms. The number of rotatable bonds is 8. The van der Waals surface area contributed by atoms with Gasteiger partial charge in [-0.25, -0.2) is 9.97 Å². The Hall–Kier alpha value is -3.68. The number of carbonyl (C=O) groups is 2. The predicted molar refractivity (Wildman–Crippen MR) is 122 cm³/mol. The molecular weight excluding hydrogens is 406 g/mol. The standard InChI is InChI=1S/C24H27N5O3/c1-28(12-6-11-26-21-9-4-5-10-25-21)24(32)20-16-29-19(15-23(30)31)13-17-7-2-3-8-18(17)14-22(29)27-20/h2-5,7,9-10,14,16,19H,6,8,11-13,15H2,1H3,(H,25,26)(H,30,31). The monoisotopic (exact) mass is 433 g/mol. The highest BCUT2D eigenvalue weighted by molar-refractivity contribution is 5.92. The van der Waals surface area contributed by atoms with Gasteiger partial charge < -0.3 is 19.9 Å². The van der Waals surface area contributed by atoms with Crippen LogP contribution in [0.4, 0.5) is 5.82 Å². The van der Waals surface area contributed by atoms with E-state index in [4.69, 9.17) is 0 Å². The molecule has 1 amide bonds. The van der Waals surface area contributed by atoms with Crippen molar-refractivity contribution in [1.29, 1.82) is 0 Å². The maximum absolute atomic E-state index is 13.0. The summed E-state index contributed by atoms with van der Waals surface area (Å²) in [7, 11) is 1.76. The fourth-order valence-corrected chi connectivity index (χ4v) is 4.06. The number of hydrogen-bond acceptors (Lipinski definition) is 5. The van der Waals surface area contributed by atoms with Gasteiger partial charge in [0.1, 0.15) is 17.3 Å². The van der Waals surface area contributed by atoms with Crippen molar-refractivity contribution in [2.45, 2.75) is 31.7 Å². The topological polar surface area (TPSA) is 100 Å². The van der Waals surface area contributed by atoms with E-state index in [1.807, 2.05) is 41.0 Å². The molecule has 166 valence electrons. The summed E-state index contributed by atoms with van der Waals surface area (Å²) >= 11 is 0. The van der Waals surface area contributed by atoms with Gasteiger partial charge in [0.25, 0.3) is 5.91 Å². The van der Waals surface area contributed by atoms with E-state index in [-0.39, 0.29) is 18.4 Å². The third kappa shape index (κ3) is 4.96. The molecule has 0 saturated heterocycles. The molecule has 0 saturated carbocycles. The highest BCUT2D eigenvalue weighted by atomic mass is 16.4. The summed E-state index contributed by atoms with van der Waals surface area (Å²) in [5.41, 5.74) is 2.60. The van der Waals surface area contributed by atoms with E-state index >= 15 is 0 Å². The number of imidazole rings is 1. The van der Waals surface area contributed by atoms with Crippen molar-refractivity contribution in [2.75, 3.05) is 25.5 Å². The number of aromatic nitrogens is 3. The van der Waals surface area contributed by atoms with Crippen LogP contribution in [0.5, 0.6) is 0 Å². The molecule has 2 aromatic rings. The Morgan fingerprint density at radius 1 is 1.31 bits per heavy atom. The van der Waals surface area contributed by atoms with Crippen LogP contribution in [0.25, 0.3) is 6.08 Å². The fourth-order valence-electron chi connectivity index (χ4n) is 4.06. The maximum atomic E-state index is 13.0. The number of hydrogen-bond donors (Lipinski definition) is 2. The first-order valence-electron chi connectivity index (χ1n) is 10.8. The first kappa shape index (κ1) is 21.5. The van der Waals surface area contributed by atoms with Crippen LogP contribution in [0.15, 0.2) is 60.0 Å². The summed E-state index contributed by atoms with van der Waals surface area (Å²) in [4.78, 5) is 34.9. The van der Waals surface area contributed by atoms with Gasteiger partial charge in [0.15, 0.2) is 0 Å². The molecule has 8 nitrogen and oxygen atoms in total. The van der Waals surface area contributed by atoms with E-state index < -0.39 is 5.97 Å². The number of carboxylic acid groups (broad SMARTS) is 1. The Bertz CT molecular complexity index is 1080. The second-order valence-corrected chi connectivity index (χ2v) is 8.06. The van der Waals surface area contributed by atoms with Gasteiger partial charge in [0.05, 0.1) is 6.42 Å². The van der Waals surface area contributed by atoms with Gasteiger partial charge in [0.2, 0.25) is 0 Å². The number of carboxylic acids is 1. The van der Waals surface area contributed by atoms with Crippen molar-refractivity contribution < 1.29 is 14.7 Å². The Kier molecular flexibility index (Phi) is 6.49. The van der Waals surface area contributed by atoms with Gasteiger partial charge in [-0.2, -0.15) is 0 Å². The third-order valence-electron chi connectivity index (χ3n) is 5.71. The van der Waals surface area contributed by atoms with Crippen molar-refractivity contribution in [3.05, 3.63) is 71.5 Å². The molecule has 2 aliphatic rings. The zero-order valence-corrected chi connectivity index (χ0v) is 18.1. The Labute approximate surface area is 187 Å². The first-order valence-corrected chi connectivity index (χ1v) is 10.8. The lowest BCUT2D eigenvalue weighted by molar-refractivity contribution is -0.137. The summed E-state index contributed by atoms with van der Waals surface area (Å²) in [5, 5.41) is 12.6. The van der Waals surface area contributed by atoms with Gasteiger partial charge in [-0.05, 0) is 48.6 Å². The molecular formula is C24H27N5O3. The van der Waals surface area contributed by atoms with Crippen LogP contribution < -0.4 is 5.32 Å². The number of aliphatic carboxylic acids is 1. The van der Waals surface area contributed by atoms with E-state index in [1.165, 1.54) is 0 Å². The molecule has 2 aromatic heterocycles. The summed E-state index contributed by atoms with van der Waals surface area (Å²) < 4.78 is 1.85. The zero-order chi connectivity index (χ0) is 22.5. The predicted octanol–water partition coefficient (Wildman–Crippen LogP) is 3.54. The van der Waals surface area contributed by atoms with Gasteiger partial charge >= 0.3 is 5.97 Å². The molecule has 0 radical (unpaired) electrons. The van der Waals surface area contributed by atoms with E-state index in [2.05, 4.69) is 21.4 Å². The highest BCUT2D eigenvalue weighted by Gasteiger charge is 2.27. The fraction of sp³-hybridized carbons (Fsp3) is 0.333. The van der Waals surface area contributed by atoms with Crippen LogP contribution >= 0.6 is 0 Å². The van der Waals surface area contributed by atoms with Crippen molar-refractivity contribution in [3.8, 4) is 0 Å². The smallest absolute Gasteiger partial charge is 0.305 e. The van der Waals surface area contributed by atoms with E-state index in [0.717, 1.165) is 29.8 Å². The molecule has 2 N–H and O–H groups in total. The lowest BCUT2D eigenvalue weighted by Crippen LogP contribution is -2.29. The number of carbonyl (C=O) groups excluding carboxylic acids is 1. The number of pyridine rings is 1. The summed E-state index contributed by atoms with van der Waals surface area (Å²) in [5.74, 6) is 0.409. The number of anilines is 1. The molecule has 8 heteroatoms. The Morgan fingerprint density at radius 2 is 2.19 bits per heavy atom. The molecule has 0 spiro atoms. The van der Waals surface area contributed by atoms with E-state index in [9.17, 15) is 14.7 Å². The number of nitrogens with zero attached hydrogens (tertiary/aromatic N) is 4. The zero-order valence-electron chi connectivity index (χ0n) is 18.1. The molecule has 0 aromatic carbocycles. The largest absolute Gasteiger partial charge is 0.481 e. The summed E-state index contributed by atoms with van der Waals surface area (Å²) in [6.07, 6.45) is 13.7. The molecule has 0 bridgehead atoms. The van der Waals surface area contributed by atoms with Crippen LogP contribution in [0.3, 0.4) is 0 Å². The van der Waals surface area contributed by atoms with Crippen molar-refractivity contribution in [3.63, 3.8) is 0 Å². The van der Waals surface area contributed by atoms with Crippen LogP contribution in [0.2, 0.25) is 0 Å². The van der Waals surface area contributed by atoms with E-state index in [0.29, 0.717) is 31.0 Å². The second-order valence-electron chi connectivity index (χ2n) is 8.06. The molecule has 1 aliphatic carbocycles. The summed E-state index contributed by atoms with van der Waals surface area (Å²) in [6, 6.07) is 5.40. The third-order valence-corrected chi connectivity index (χ3v) is 5.71. The van der Waals surface area contributed by atoms with Gasteiger partial charge in [-0.1, -0.05) is 24.3 Å². The van der Waals surface area contributed by atoms with Crippen molar-refractivity contribution in [1.82, 2.24) is 19.4 Å². The van der Waals surface area contributed by atoms with Crippen LogP contribution in [-0.2, 0) is 4.79 Å². The highest BCUT2D eigenvalue weighted by Crippen LogP contribution is 2.35. The Balaban J connectivity index is 1.45. The number of nitrogens with one attached hydrogen (secondary N) is 1. The van der Waals surface area contributed by atoms with Crippen molar-refractivity contribution >= 4 is 23.8 Å². The number of amides is 1. The number of allylic oxidation sites excluding steroid dienone is 5. The second kappa shape index (κ2) is 9.64.